The Kier molecular flexibility index (Phi) is 3.13. The third-order valence-electron chi connectivity index (χ3n) is 7.37. The summed E-state index contributed by atoms with van der Waals surface area (Å²) < 4.78 is 6.48. The van der Waals surface area contributed by atoms with Crippen molar-refractivity contribution in [2.24, 2.45) is 23.7 Å². The van der Waals surface area contributed by atoms with Crippen molar-refractivity contribution in [2.45, 2.75) is 50.7 Å². The molecule has 4 aliphatic rings. The van der Waals surface area contributed by atoms with Crippen LogP contribution in [0.25, 0.3) is 0 Å². The minimum absolute atomic E-state index is 0.0178. The lowest BCUT2D eigenvalue weighted by Gasteiger charge is -2.51. The van der Waals surface area contributed by atoms with Crippen molar-refractivity contribution in [3.63, 3.8) is 0 Å². The van der Waals surface area contributed by atoms with Gasteiger partial charge in [-0.2, -0.15) is 0 Å². The Morgan fingerprint density at radius 2 is 1.73 bits per heavy atom. The fraction of sp³-hybridized carbons (Fsp3) is 0.571. The van der Waals surface area contributed by atoms with E-state index in [-0.39, 0.29) is 29.4 Å². The van der Waals surface area contributed by atoms with Gasteiger partial charge >= 0.3 is 0 Å². The molecule has 2 bridgehead atoms. The van der Waals surface area contributed by atoms with E-state index in [2.05, 4.69) is 6.92 Å². The molecule has 5 heteroatoms. The van der Waals surface area contributed by atoms with Crippen LogP contribution in [-0.2, 0) is 19.1 Å². The van der Waals surface area contributed by atoms with E-state index in [1.807, 2.05) is 18.2 Å². The lowest BCUT2D eigenvalue weighted by Crippen LogP contribution is -2.60. The number of fused-ring (bicyclic) bond motifs is 3. The maximum Gasteiger partial charge on any atom is 0.241 e. The molecule has 1 spiro atoms. The molecule has 1 aromatic carbocycles. The van der Waals surface area contributed by atoms with Crippen LogP contribution in [0.3, 0.4) is 0 Å². The standard InChI is InChI=1S/C21H23NO4/c1-12-7-6-8-13-11-15(23)20(2)16-17(21(12,13)26-20)19(25)22(18(16)24)14-9-4-3-5-10-14/h3-5,9-10,12-13,16-17H,6-8,11H2,1-2H3/t12?,13-,16+,17-,20+,21-/m1/s1. The van der Waals surface area contributed by atoms with E-state index in [0.29, 0.717) is 12.1 Å². The van der Waals surface area contributed by atoms with Gasteiger partial charge in [-0.05, 0) is 43.7 Å². The first-order valence-corrected chi connectivity index (χ1v) is 9.57. The van der Waals surface area contributed by atoms with Gasteiger partial charge in [0.25, 0.3) is 0 Å². The third-order valence-corrected chi connectivity index (χ3v) is 7.37. The molecule has 1 saturated carbocycles. The quantitative estimate of drug-likeness (QED) is 0.728. The van der Waals surface area contributed by atoms with Crippen molar-refractivity contribution < 1.29 is 19.1 Å². The minimum atomic E-state index is -1.18. The van der Waals surface area contributed by atoms with Crippen LogP contribution in [0.1, 0.15) is 39.5 Å². The molecule has 5 nitrogen and oxygen atoms in total. The first kappa shape index (κ1) is 16.2. The van der Waals surface area contributed by atoms with Crippen molar-refractivity contribution in [1.82, 2.24) is 0 Å². The monoisotopic (exact) mass is 353 g/mol. The van der Waals surface area contributed by atoms with Crippen molar-refractivity contribution in [2.75, 3.05) is 4.90 Å². The van der Waals surface area contributed by atoms with Gasteiger partial charge in [0.15, 0.2) is 5.78 Å². The van der Waals surface area contributed by atoms with E-state index < -0.39 is 23.0 Å². The first-order chi connectivity index (χ1) is 12.4. The van der Waals surface area contributed by atoms with Crippen LogP contribution in [0.2, 0.25) is 0 Å². The molecule has 5 rings (SSSR count). The van der Waals surface area contributed by atoms with Crippen LogP contribution in [0, 0.1) is 23.7 Å². The van der Waals surface area contributed by atoms with Crippen LogP contribution < -0.4 is 4.90 Å². The Hall–Kier alpha value is -2.01. The van der Waals surface area contributed by atoms with Gasteiger partial charge in [-0.15, -0.1) is 0 Å². The van der Waals surface area contributed by atoms with Gasteiger partial charge in [0.05, 0.1) is 23.1 Å². The number of hydrogen-bond donors (Lipinski definition) is 0. The van der Waals surface area contributed by atoms with E-state index in [1.54, 1.807) is 19.1 Å². The molecule has 1 aliphatic carbocycles. The molecule has 3 heterocycles. The summed E-state index contributed by atoms with van der Waals surface area (Å²) >= 11 is 0. The number of ketones is 1. The fourth-order valence-corrected chi connectivity index (χ4v) is 6.19. The molecular formula is C21H23NO4. The van der Waals surface area contributed by atoms with Gasteiger partial charge in [0.2, 0.25) is 11.8 Å². The Morgan fingerprint density at radius 1 is 1.04 bits per heavy atom. The summed E-state index contributed by atoms with van der Waals surface area (Å²) in [6, 6.07) is 9.04. The Bertz CT molecular complexity index is 821. The summed E-state index contributed by atoms with van der Waals surface area (Å²) in [6.07, 6.45) is 3.33. The van der Waals surface area contributed by atoms with E-state index in [0.717, 1.165) is 19.3 Å². The van der Waals surface area contributed by atoms with Gasteiger partial charge in [-0.3, -0.25) is 14.4 Å². The van der Waals surface area contributed by atoms with Crippen LogP contribution in [-0.4, -0.2) is 28.8 Å². The van der Waals surface area contributed by atoms with Gasteiger partial charge in [0, 0.05) is 6.42 Å². The van der Waals surface area contributed by atoms with Crippen LogP contribution >= 0.6 is 0 Å². The van der Waals surface area contributed by atoms with Gasteiger partial charge in [-0.25, -0.2) is 4.90 Å². The number of imide groups is 1. The molecule has 0 radical (unpaired) electrons. The topological polar surface area (TPSA) is 63.7 Å². The number of rotatable bonds is 1. The molecule has 136 valence electrons. The number of anilines is 1. The molecular weight excluding hydrogens is 330 g/mol. The number of benzene rings is 1. The highest BCUT2D eigenvalue weighted by Gasteiger charge is 2.78. The van der Waals surface area contributed by atoms with E-state index in [1.165, 1.54) is 4.90 Å². The summed E-state index contributed by atoms with van der Waals surface area (Å²) in [7, 11) is 0. The predicted molar refractivity (Wildman–Crippen MR) is 94.3 cm³/mol. The number of para-hydroxylation sites is 1. The predicted octanol–water partition coefficient (Wildman–Crippen LogP) is 2.73. The third kappa shape index (κ3) is 1.68. The molecule has 3 aliphatic heterocycles. The maximum absolute atomic E-state index is 13.5. The number of ether oxygens (including phenoxy) is 1. The highest BCUT2D eigenvalue weighted by atomic mass is 16.5. The molecule has 26 heavy (non-hydrogen) atoms. The van der Waals surface area contributed by atoms with Gasteiger partial charge < -0.3 is 4.74 Å². The molecule has 6 atom stereocenters. The Morgan fingerprint density at radius 3 is 2.46 bits per heavy atom. The Balaban J connectivity index is 1.69. The molecule has 0 aromatic heterocycles. The normalized spacial score (nSPS) is 44.2. The summed E-state index contributed by atoms with van der Waals surface area (Å²) in [6.45, 7) is 3.85. The number of hydrogen-bond acceptors (Lipinski definition) is 4. The summed E-state index contributed by atoms with van der Waals surface area (Å²) in [4.78, 5) is 41.1. The zero-order valence-electron chi connectivity index (χ0n) is 15.1. The second-order valence-corrected chi connectivity index (χ2v) is 8.52. The molecule has 4 fully saturated rings. The second kappa shape index (κ2) is 5.03. The number of Topliss-reactive ketones (excluding diaryl/α,β-unsaturated/α-hetero) is 1. The van der Waals surface area contributed by atoms with Crippen molar-refractivity contribution >= 4 is 23.3 Å². The number of carbonyl (C=O) groups is 3. The molecule has 0 N–H and O–H groups in total. The number of nitrogens with zero attached hydrogens (tertiary/aromatic N) is 1. The van der Waals surface area contributed by atoms with Crippen LogP contribution in [0.4, 0.5) is 5.69 Å². The smallest absolute Gasteiger partial charge is 0.241 e. The SMILES string of the molecule is CC1CCC[C@@H]2CC(=O)[C@]3(C)O[C@]12[C@H]1C(=O)N(c2ccccc2)C(=O)[C@H]13. The largest absolute Gasteiger partial charge is 0.359 e. The summed E-state index contributed by atoms with van der Waals surface area (Å²) in [5.74, 6) is -1.54. The number of carbonyl (C=O) groups excluding carboxylic acids is 3. The highest BCUT2D eigenvalue weighted by Crippen LogP contribution is 2.64. The first-order valence-electron chi connectivity index (χ1n) is 9.57. The van der Waals surface area contributed by atoms with E-state index >= 15 is 0 Å². The summed E-state index contributed by atoms with van der Waals surface area (Å²) in [5.41, 5.74) is -1.27. The lowest BCUT2D eigenvalue weighted by atomic mass is 9.62. The molecule has 1 aromatic rings. The van der Waals surface area contributed by atoms with Crippen molar-refractivity contribution in [3.05, 3.63) is 30.3 Å². The molecule has 3 saturated heterocycles. The van der Waals surface area contributed by atoms with E-state index in [9.17, 15) is 14.4 Å². The summed E-state index contributed by atoms with van der Waals surface area (Å²) in [5, 5.41) is 0. The Labute approximate surface area is 152 Å². The highest BCUT2D eigenvalue weighted by molar-refractivity contribution is 6.24. The maximum atomic E-state index is 13.5. The molecule has 1 unspecified atom stereocenters. The zero-order valence-corrected chi connectivity index (χ0v) is 15.1. The van der Waals surface area contributed by atoms with Gasteiger partial charge in [0.1, 0.15) is 5.60 Å². The fourth-order valence-electron chi connectivity index (χ4n) is 6.19. The zero-order chi connectivity index (χ0) is 18.3. The average Bonchev–Trinajstić information content (AvgIpc) is 3.03. The van der Waals surface area contributed by atoms with Crippen molar-refractivity contribution in [1.29, 1.82) is 0 Å². The van der Waals surface area contributed by atoms with Crippen molar-refractivity contribution in [3.8, 4) is 0 Å². The van der Waals surface area contributed by atoms with Crippen LogP contribution in [0.15, 0.2) is 30.3 Å². The minimum Gasteiger partial charge on any atom is -0.359 e. The number of amides is 2. The van der Waals surface area contributed by atoms with Crippen LogP contribution in [0.5, 0.6) is 0 Å². The molecule has 2 amide bonds. The lowest BCUT2D eigenvalue weighted by molar-refractivity contribution is -0.209. The van der Waals surface area contributed by atoms with E-state index in [4.69, 9.17) is 4.74 Å². The average molecular weight is 353 g/mol. The van der Waals surface area contributed by atoms with Gasteiger partial charge in [-0.1, -0.05) is 31.5 Å². The second-order valence-electron chi connectivity index (χ2n) is 8.52.